The van der Waals surface area contributed by atoms with Gasteiger partial charge in [-0.2, -0.15) is 0 Å². The molecule has 0 unspecified atom stereocenters. The summed E-state index contributed by atoms with van der Waals surface area (Å²) in [6, 6.07) is 8.34. The van der Waals surface area contributed by atoms with Gasteiger partial charge in [0.2, 0.25) is 5.91 Å². The Hall–Kier alpha value is -1.55. The maximum atomic E-state index is 12.5. The first-order valence-corrected chi connectivity index (χ1v) is 8.50. The standard InChI is InChI=1S/C17H21NO2S/c1-13-9-10-16(20-13)15-7-3-11-18(15)17(19)8-2-5-14-6-4-12-21-14/h4,6,9-10,12,15H,2-3,5,7-8,11H2,1H3/t15-/m0/s1. The predicted octanol–water partition coefficient (Wildman–Crippen LogP) is 4.34. The Kier molecular flexibility index (Phi) is 4.44. The summed E-state index contributed by atoms with van der Waals surface area (Å²) >= 11 is 1.77. The summed E-state index contributed by atoms with van der Waals surface area (Å²) in [4.78, 5) is 15.8. The van der Waals surface area contributed by atoms with Crippen LogP contribution in [0.5, 0.6) is 0 Å². The highest BCUT2D eigenvalue weighted by atomic mass is 32.1. The molecule has 1 fully saturated rings. The number of amides is 1. The zero-order valence-electron chi connectivity index (χ0n) is 12.4. The smallest absolute Gasteiger partial charge is 0.223 e. The second kappa shape index (κ2) is 6.48. The van der Waals surface area contributed by atoms with Gasteiger partial charge in [-0.05, 0) is 56.2 Å². The number of aryl methyl sites for hydroxylation is 2. The molecule has 1 saturated heterocycles. The molecule has 1 aliphatic heterocycles. The van der Waals surface area contributed by atoms with Gasteiger partial charge in [0.25, 0.3) is 0 Å². The topological polar surface area (TPSA) is 33.5 Å². The summed E-state index contributed by atoms with van der Waals surface area (Å²) in [6.07, 6.45) is 4.65. The maximum absolute atomic E-state index is 12.5. The van der Waals surface area contributed by atoms with Crippen molar-refractivity contribution in [3.63, 3.8) is 0 Å². The van der Waals surface area contributed by atoms with E-state index in [0.717, 1.165) is 43.7 Å². The van der Waals surface area contributed by atoms with Crippen molar-refractivity contribution in [3.05, 3.63) is 46.0 Å². The van der Waals surface area contributed by atoms with Crippen molar-refractivity contribution >= 4 is 17.2 Å². The number of furan rings is 1. The molecule has 0 aromatic carbocycles. The molecule has 2 aromatic rings. The zero-order chi connectivity index (χ0) is 14.7. The van der Waals surface area contributed by atoms with Crippen LogP contribution in [-0.2, 0) is 11.2 Å². The van der Waals surface area contributed by atoms with Gasteiger partial charge >= 0.3 is 0 Å². The summed E-state index contributed by atoms with van der Waals surface area (Å²) in [5.41, 5.74) is 0. The van der Waals surface area contributed by atoms with Gasteiger partial charge in [0.15, 0.2) is 0 Å². The number of rotatable bonds is 5. The van der Waals surface area contributed by atoms with Gasteiger partial charge in [-0.25, -0.2) is 0 Å². The van der Waals surface area contributed by atoms with Crippen molar-refractivity contribution in [2.45, 2.75) is 45.1 Å². The molecule has 1 aliphatic rings. The van der Waals surface area contributed by atoms with E-state index in [2.05, 4.69) is 17.5 Å². The third-order valence-electron chi connectivity index (χ3n) is 4.06. The first-order chi connectivity index (χ1) is 10.2. The monoisotopic (exact) mass is 303 g/mol. The first-order valence-electron chi connectivity index (χ1n) is 7.62. The molecule has 1 atom stereocenters. The second-order valence-corrected chi connectivity index (χ2v) is 6.66. The van der Waals surface area contributed by atoms with E-state index in [1.807, 2.05) is 24.0 Å². The van der Waals surface area contributed by atoms with E-state index in [1.165, 1.54) is 4.88 Å². The number of carbonyl (C=O) groups excluding carboxylic acids is 1. The molecule has 2 aromatic heterocycles. The minimum atomic E-state index is 0.146. The van der Waals surface area contributed by atoms with E-state index < -0.39 is 0 Å². The first kappa shape index (κ1) is 14.4. The third kappa shape index (κ3) is 3.38. The number of nitrogens with zero attached hydrogens (tertiary/aromatic N) is 1. The zero-order valence-corrected chi connectivity index (χ0v) is 13.2. The van der Waals surface area contributed by atoms with Crippen molar-refractivity contribution in [1.29, 1.82) is 0 Å². The van der Waals surface area contributed by atoms with Crippen LogP contribution >= 0.6 is 11.3 Å². The van der Waals surface area contributed by atoms with Gasteiger partial charge in [-0.1, -0.05) is 6.07 Å². The third-order valence-corrected chi connectivity index (χ3v) is 4.99. The summed E-state index contributed by atoms with van der Waals surface area (Å²) in [5.74, 6) is 2.13. The minimum Gasteiger partial charge on any atom is -0.464 e. The lowest BCUT2D eigenvalue weighted by atomic mass is 10.1. The van der Waals surface area contributed by atoms with Crippen molar-refractivity contribution in [3.8, 4) is 0 Å². The van der Waals surface area contributed by atoms with Crippen LogP contribution in [0.3, 0.4) is 0 Å². The average Bonchev–Trinajstić information content (AvgIpc) is 3.18. The molecular weight excluding hydrogens is 282 g/mol. The Labute approximate surface area is 129 Å². The van der Waals surface area contributed by atoms with Crippen LogP contribution in [0.2, 0.25) is 0 Å². The van der Waals surface area contributed by atoms with E-state index in [1.54, 1.807) is 11.3 Å². The lowest BCUT2D eigenvalue weighted by Gasteiger charge is -2.23. The van der Waals surface area contributed by atoms with E-state index in [9.17, 15) is 4.79 Å². The summed E-state index contributed by atoms with van der Waals surface area (Å²) in [7, 11) is 0. The number of likely N-dealkylation sites (tertiary alicyclic amines) is 1. The average molecular weight is 303 g/mol. The molecule has 21 heavy (non-hydrogen) atoms. The van der Waals surface area contributed by atoms with Crippen molar-refractivity contribution in [2.75, 3.05) is 6.54 Å². The molecule has 0 saturated carbocycles. The lowest BCUT2D eigenvalue weighted by molar-refractivity contribution is -0.132. The quantitative estimate of drug-likeness (QED) is 0.823. The summed E-state index contributed by atoms with van der Waals surface area (Å²) < 4.78 is 5.72. The number of hydrogen-bond acceptors (Lipinski definition) is 3. The van der Waals surface area contributed by atoms with E-state index in [4.69, 9.17) is 4.42 Å². The Bertz CT molecular complexity index is 588. The number of carbonyl (C=O) groups is 1. The molecule has 3 heterocycles. The molecule has 3 rings (SSSR count). The van der Waals surface area contributed by atoms with Crippen LogP contribution < -0.4 is 0 Å². The molecule has 0 aliphatic carbocycles. The maximum Gasteiger partial charge on any atom is 0.223 e. The number of hydrogen-bond donors (Lipinski definition) is 0. The van der Waals surface area contributed by atoms with Crippen LogP contribution in [0.25, 0.3) is 0 Å². The van der Waals surface area contributed by atoms with Crippen LogP contribution in [0, 0.1) is 6.92 Å². The molecule has 0 N–H and O–H groups in total. The normalized spacial score (nSPS) is 18.3. The fourth-order valence-corrected chi connectivity index (χ4v) is 3.76. The highest BCUT2D eigenvalue weighted by Crippen LogP contribution is 2.33. The molecule has 4 heteroatoms. The van der Waals surface area contributed by atoms with Crippen LogP contribution in [0.1, 0.15) is 48.1 Å². The molecule has 0 radical (unpaired) electrons. The van der Waals surface area contributed by atoms with Gasteiger partial charge in [-0.3, -0.25) is 4.79 Å². The minimum absolute atomic E-state index is 0.146. The lowest BCUT2D eigenvalue weighted by Crippen LogP contribution is -2.30. The van der Waals surface area contributed by atoms with Gasteiger partial charge in [-0.15, -0.1) is 11.3 Å². The van der Waals surface area contributed by atoms with Gasteiger partial charge < -0.3 is 9.32 Å². The van der Waals surface area contributed by atoms with Crippen molar-refractivity contribution < 1.29 is 9.21 Å². The molecule has 3 nitrogen and oxygen atoms in total. The fourth-order valence-electron chi connectivity index (χ4n) is 3.01. The Balaban J connectivity index is 1.55. The Morgan fingerprint density at radius 1 is 1.43 bits per heavy atom. The van der Waals surface area contributed by atoms with E-state index in [-0.39, 0.29) is 11.9 Å². The summed E-state index contributed by atoms with van der Waals surface area (Å²) in [5, 5.41) is 2.09. The van der Waals surface area contributed by atoms with Crippen molar-refractivity contribution in [1.82, 2.24) is 4.90 Å². The van der Waals surface area contributed by atoms with Gasteiger partial charge in [0.1, 0.15) is 11.5 Å². The van der Waals surface area contributed by atoms with E-state index in [0.29, 0.717) is 6.42 Å². The fraction of sp³-hybridized carbons (Fsp3) is 0.471. The molecule has 0 bridgehead atoms. The molecule has 112 valence electrons. The second-order valence-electron chi connectivity index (χ2n) is 5.63. The van der Waals surface area contributed by atoms with Gasteiger partial charge in [0, 0.05) is 17.8 Å². The van der Waals surface area contributed by atoms with Crippen LogP contribution in [-0.4, -0.2) is 17.4 Å². The Morgan fingerprint density at radius 3 is 3.05 bits per heavy atom. The predicted molar refractivity (Wildman–Crippen MR) is 84.4 cm³/mol. The molecule has 1 amide bonds. The Morgan fingerprint density at radius 2 is 2.33 bits per heavy atom. The largest absolute Gasteiger partial charge is 0.464 e. The molecule has 0 spiro atoms. The highest BCUT2D eigenvalue weighted by Gasteiger charge is 2.31. The van der Waals surface area contributed by atoms with Crippen LogP contribution in [0.15, 0.2) is 34.1 Å². The number of thiophene rings is 1. The van der Waals surface area contributed by atoms with Crippen molar-refractivity contribution in [2.24, 2.45) is 0 Å². The molecular formula is C17H21NO2S. The summed E-state index contributed by atoms with van der Waals surface area (Å²) in [6.45, 7) is 2.81. The van der Waals surface area contributed by atoms with Crippen LogP contribution in [0.4, 0.5) is 0 Å². The SMILES string of the molecule is Cc1ccc([C@@H]2CCCN2C(=O)CCCc2cccs2)o1. The van der Waals surface area contributed by atoms with Gasteiger partial charge in [0.05, 0.1) is 6.04 Å². The van der Waals surface area contributed by atoms with E-state index >= 15 is 0 Å². The highest BCUT2D eigenvalue weighted by molar-refractivity contribution is 7.09.